The molecule has 1 aromatic rings. The Balaban J connectivity index is 0. The Labute approximate surface area is 140 Å². The lowest BCUT2D eigenvalue weighted by atomic mass is 10.1. The summed E-state index contributed by atoms with van der Waals surface area (Å²) in [5.74, 6) is -0.223. The van der Waals surface area contributed by atoms with Crippen LogP contribution in [0.15, 0.2) is 44.0 Å². The van der Waals surface area contributed by atoms with E-state index in [9.17, 15) is 4.79 Å². The third-order valence-corrected chi connectivity index (χ3v) is 2.31. The molecule has 0 saturated carbocycles. The zero-order chi connectivity index (χ0) is 18.1. The van der Waals surface area contributed by atoms with Crippen LogP contribution in [0, 0.1) is 0 Å². The lowest BCUT2D eigenvalue weighted by Gasteiger charge is -2.09. The van der Waals surface area contributed by atoms with Crippen LogP contribution in [0.4, 0.5) is 5.69 Å². The molecule has 1 rings (SSSR count). The maximum atomic E-state index is 11.2. The highest BCUT2D eigenvalue weighted by molar-refractivity contribution is 5.95. The highest BCUT2D eigenvalue weighted by Crippen LogP contribution is 2.21. The van der Waals surface area contributed by atoms with Crippen molar-refractivity contribution in [3.63, 3.8) is 0 Å². The van der Waals surface area contributed by atoms with Gasteiger partial charge in [0.25, 0.3) is 0 Å². The zero-order valence-electron chi connectivity index (χ0n) is 14.6. The number of nitrogens with one attached hydrogen (secondary N) is 1. The van der Waals surface area contributed by atoms with Crippen LogP contribution in [0.1, 0.15) is 31.4 Å². The quantitative estimate of drug-likeness (QED) is 0.776. The maximum Gasteiger partial charge on any atom is 0.238 e. The smallest absolute Gasteiger partial charge is 0.238 e. The molecule has 0 saturated heterocycles. The van der Waals surface area contributed by atoms with E-state index in [0.29, 0.717) is 12.3 Å². The van der Waals surface area contributed by atoms with Gasteiger partial charge >= 0.3 is 0 Å². The van der Waals surface area contributed by atoms with Crippen molar-refractivity contribution in [3.8, 4) is 0 Å². The Bertz CT molecular complexity index is 482. The molecule has 128 valence electrons. The number of amides is 1. The summed E-state index contributed by atoms with van der Waals surface area (Å²) in [5, 5.41) is 2.70. The highest BCUT2D eigenvalue weighted by atomic mass is 16.5. The molecule has 0 fully saturated rings. The molecule has 23 heavy (non-hydrogen) atoms. The average molecular weight is 318 g/mol. The van der Waals surface area contributed by atoms with E-state index in [-0.39, 0.29) is 12.5 Å². The molecule has 0 radical (unpaired) electrons. The van der Waals surface area contributed by atoms with Gasteiger partial charge in [0.1, 0.15) is 0 Å². The fraction of sp³-hybridized carbons (Fsp3) is 0.316. The van der Waals surface area contributed by atoms with Gasteiger partial charge in [0, 0.05) is 18.4 Å². The minimum Gasteiger partial charge on any atom is -0.381 e. The lowest BCUT2D eigenvalue weighted by Crippen LogP contribution is -2.22. The molecule has 0 spiro atoms. The number of carbonyl (C=O) groups is 1. The van der Waals surface area contributed by atoms with Crippen molar-refractivity contribution < 1.29 is 9.53 Å². The third kappa shape index (κ3) is 11.1. The fourth-order valence-electron chi connectivity index (χ4n) is 1.42. The minimum atomic E-state index is -0.223. The molecule has 4 heteroatoms. The lowest BCUT2D eigenvalue weighted by molar-refractivity contribution is -0.114. The zero-order valence-corrected chi connectivity index (χ0v) is 14.6. The van der Waals surface area contributed by atoms with Gasteiger partial charge in [0.05, 0.1) is 13.2 Å². The van der Waals surface area contributed by atoms with Gasteiger partial charge in [-0.25, -0.2) is 0 Å². The van der Waals surface area contributed by atoms with Crippen LogP contribution in [0.5, 0.6) is 0 Å². The van der Waals surface area contributed by atoms with E-state index in [2.05, 4.69) is 43.6 Å². The van der Waals surface area contributed by atoms with Crippen molar-refractivity contribution in [3.05, 3.63) is 55.1 Å². The van der Waals surface area contributed by atoms with Gasteiger partial charge in [-0.05, 0) is 11.6 Å². The summed E-state index contributed by atoms with van der Waals surface area (Å²) in [7, 11) is 1.64. The van der Waals surface area contributed by atoms with E-state index in [1.54, 1.807) is 31.4 Å². The van der Waals surface area contributed by atoms with Crippen molar-refractivity contribution >= 4 is 23.7 Å². The Hall–Kier alpha value is -2.17. The second-order valence-corrected chi connectivity index (χ2v) is 4.42. The standard InChI is InChI=1S/C12H14N2O.C4H8O.C3H8/c1-3-9-6-5-7-11(10(9)4-2)14-12(15)8-13;1-3-4-5-2;1-3-2/h3-7H,1-2,8,13H2,(H,14,15);3H,1,4H2,2H3;3H2,1-2H3. The number of nitrogens with two attached hydrogens (primary N) is 1. The predicted molar refractivity (Wildman–Crippen MR) is 102 cm³/mol. The van der Waals surface area contributed by atoms with Gasteiger partial charge in [-0.1, -0.05) is 63.8 Å². The molecule has 0 aliphatic rings. The molecule has 4 nitrogen and oxygen atoms in total. The van der Waals surface area contributed by atoms with E-state index in [4.69, 9.17) is 5.73 Å². The SMILES string of the molecule is C=CCOC.C=Cc1cccc(NC(=O)CN)c1C=C.CCC. The Kier molecular flexibility index (Phi) is 16.3. The first kappa shape index (κ1) is 23.1. The van der Waals surface area contributed by atoms with Crippen LogP contribution in [0.25, 0.3) is 12.2 Å². The number of methoxy groups -OCH3 is 1. The second-order valence-electron chi connectivity index (χ2n) is 4.42. The molecule has 0 heterocycles. The summed E-state index contributed by atoms with van der Waals surface area (Å²) in [4.78, 5) is 11.2. The first-order valence-electron chi connectivity index (χ1n) is 7.53. The highest BCUT2D eigenvalue weighted by Gasteiger charge is 2.05. The third-order valence-electron chi connectivity index (χ3n) is 2.31. The molecule has 3 N–H and O–H groups in total. The molecule has 1 amide bonds. The van der Waals surface area contributed by atoms with Gasteiger partial charge in [0.15, 0.2) is 0 Å². The first-order valence-corrected chi connectivity index (χ1v) is 7.53. The monoisotopic (exact) mass is 318 g/mol. The van der Waals surface area contributed by atoms with E-state index >= 15 is 0 Å². The van der Waals surface area contributed by atoms with Crippen LogP contribution in [0.3, 0.4) is 0 Å². The normalized spacial score (nSPS) is 8.52. The second kappa shape index (κ2) is 16.2. The molecule has 0 unspecified atom stereocenters. The van der Waals surface area contributed by atoms with E-state index in [1.165, 1.54) is 6.42 Å². The Morgan fingerprint density at radius 3 is 2.22 bits per heavy atom. The minimum absolute atomic E-state index is 0.0328. The number of rotatable bonds is 6. The van der Waals surface area contributed by atoms with Gasteiger partial charge in [-0.3, -0.25) is 4.79 Å². The molecular weight excluding hydrogens is 288 g/mol. The number of benzene rings is 1. The molecule has 1 aromatic carbocycles. The Morgan fingerprint density at radius 2 is 1.87 bits per heavy atom. The molecular formula is C19H30N2O2. The number of anilines is 1. The first-order chi connectivity index (χ1) is 11.1. The summed E-state index contributed by atoms with van der Waals surface area (Å²) < 4.78 is 4.57. The molecule has 0 aromatic heterocycles. The number of hydrogen-bond donors (Lipinski definition) is 2. The van der Waals surface area contributed by atoms with Crippen LogP contribution < -0.4 is 11.1 Å². The number of ether oxygens (including phenoxy) is 1. The van der Waals surface area contributed by atoms with Crippen molar-refractivity contribution in [2.45, 2.75) is 20.3 Å². The van der Waals surface area contributed by atoms with Crippen LogP contribution in [-0.4, -0.2) is 26.2 Å². The maximum absolute atomic E-state index is 11.2. The van der Waals surface area contributed by atoms with E-state index in [0.717, 1.165) is 11.1 Å². The molecule has 0 aliphatic carbocycles. The van der Waals surface area contributed by atoms with Crippen molar-refractivity contribution in [2.75, 3.05) is 25.6 Å². The van der Waals surface area contributed by atoms with Crippen LogP contribution in [0.2, 0.25) is 0 Å². The van der Waals surface area contributed by atoms with Crippen molar-refractivity contribution in [1.29, 1.82) is 0 Å². The van der Waals surface area contributed by atoms with Gasteiger partial charge in [-0.15, -0.1) is 6.58 Å². The average Bonchev–Trinajstić information content (AvgIpc) is 2.56. The van der Waals surface area contributed by atoms with Crippen LogP contribution in [-0.2, 0) is 9.53 Å². The summed E-state index contributed by atoms with van der Waals surface area (Å²) in [5.41, 5.74) is 7.72. The van der Waals surface area contributed by atoms with Crippen LogP contribution >= 0.6 is 0 Å². The van der Waals surface area contributed by atoms with E-state index < -0.39 is 0 Å². The van der Waals surface area contributed by atoms with Crippen molar-refractivity contribution in [2.24, 2.45) is 5.73 Å². The number of hydrogen-bond acceptors (Lipinski definition) is 3. The molecule has 0 atom stereocenters. The van der Waals surface area contributed by atoms with Gasteiger partial charge < -0.3 is 15.8 Å². The summed E-state index contributed by atoms with van der Waals surface area (Å²) in [6, 6.07) is 5.55. The van der Waals surface area contributed by atoms with Gasteiger partial charge in [-0.2, -0.15) is 0 Å². The van der Waals surface area contributed by atoms with E-state index in [1.807, 2.05) is 12.1 Å². The summed E-state index contributed by atoms with van der Waals surface area (Å²) >= 11 is 0. The predicted octanol–water partition coefficient (Wildman–Crippen LogP) is 4.10. The summed E-state index contributed by atoms with van der Waals surface area (Å²) in [6.45, 7) is 15.7. The largest absolute Gasteiger partial charge is 0.381 e. The topological polar surface area (TPSA) is 64.3 Å². The number of carbonyl (C=O) groups excluding carboxylic acids is 1. The molecule has 0 bridgehead atoms. The Morgan fingerprint density at radius 1 is 1.26 bits per heavy atom. The van der Waals surface area contributed by atoms with Gasteiger partial charge in [0.2, 0.25) is 5.91 Å². The summed E-state index contributed by atoms with van der Waals surface area (Å²) in [6.07, 6.45) is 6.36. The van der Waals surface area contributed by atoms with Crippen molar-refractivity contribution in [1.82, 2.24) is 0 Å². The molecule has 0 aliphatic heterocycles. The fourth-order valence-corrected chi connectivity index (χ4v) is 1.42.